The zero-order valence-corrected chi connectivity index (χ0v) is 18.2. The lowest BCUT2D eigenvalue weighted by atomic mass is 10.1. The number of hydrogen-bond donors (Lipinski definition) is 0. The average molecular weight is 453 g/mol. The molecule has 0 N–H and O–H groups in total. The first-order valence-electron chi connectivity index (χ1n) is 10.1. The van der Waals surface area contributed by atoms with Crippen molar-refractivity contribution in [2.24, 2.45) is 0 Å². The normalized spacial score (nSPS) is 10.5. The van der Waals surface area contributed by atoms with Gasteiger partial charge in [-0.15, -0.1) is 0 Å². The molecule has 2 aromatic rings. The van der Waals surface area contributed by atoms with Crippen LogP contribution in [0.4, 0.5) is 9.59 Å². The Bertz CT molecular complexity index is 1040. The van der Waals surface area contributed by atoms with Gasteiger partial charge < -0.3 is 23.7 Å². The highest BCUT2D eigenvalue weighted by molar-refractivity contribution is 5.98. The van der Waals surface area contributed by atoms with Crippen molar-refractivity contribution >= 4 is 24.4 Å². The van der Waals surface area contributed by atoms with Crippen molar-refractivity contribution in [1.82, 2.24) is 0 Å². The summed E-state index contributed by atoms with van der Waals surface area (Å²) < 4.78 is 24.7. The van der Waals surface area contributed by atoms with E-state index in [0.717, 1.165) is 5.56 Å². The van der Waals surface area contributed by atoms with Crippen molar-refractivity contribution in [3.63, 3.8) is 0 Å². The van der Waals surface area contributed by atoms with Gasteiger partial charge in [0.2, 0.25) is 0 Å². The van der Waals surface area contributed by atoms with Gasteiger partial charge in [-0.25, -0.2) is 14.4 Å². The van der Waals surface area contributed by atoms with E-state index in [4.69, 9.17) is 23.7 Å². The minimum atomic E-state index is -1.02. The minimum absolute atomic E-state index is 0.0693. The molecule has 0 atom stereocenters. The maximum atomic E-state index is 12.3. The number of ether oxygens (including phenoxy) is 5. The molecule has 0 saturated heterocycles. The molecule has 0 aliphatic carbocycles. The third-order valence-electron chi connectivity index (χ3n) is 4.00. The van der Waals surface area contributed by atoms with Gasteiger partial charge in [-0.05, 0) is 43.2 Å². The number of nitriles is 1. The Morgan fingerprint density at radius 2 is 1.52 bits per heavy atom. The smallest absolute Gasteiger partial charge is 0.461 e. The van der Waals surface area contributed by atoms with Crippen molar-refractivity contribution in [3.05, 3.63) is 65.2 Å². The Balaban J connectivity index is 2.17. The van der Waals surface area contributed by atoms with E-state index in [-0.39, 0.29) is 36.9 Å². The summed E-state index contributed by atoms with van der Waals surface area (Å²) in [7, 11) is 0. The zero-order chi connectivity index (χ0) is 24.1. The summed E-state index contributed by atoms with van der Waals surface area (Å²) in [5, 5.41) is 9.38. The second-order valence-electron chi connectivity index (χ2n) is 6.32. The molecule has 0 heterocycles. The van der Waals surface area contributed by atoms with Gasteiger partial charge in [0.25, 0.3) is 0 Å². The SMILES string of the molecule is CCOC(=O)Oc1ccc(C=C(C#N)C(=O)OCCc2ccccc2)cc1OC(=O)OCC. The van der Waals surface area contributed by atoms with Crippen LogP contribution in [0.25, 0.3) is 6.08 Å². The van der Waals surface area contributed by atoms with Crippen molar-refractivity contribution in [1.29, 1.82) is 5.26 Å². The number of hydrogen-bond acceptors (Lipinski definition) is 9. The molecule has 0 spiro atoms. The number of carbonyl (C=O) groups is 3. The maximum Gasteiger partial charge on any atom is 0.513 e. The molecule has 0 fully saturated rings. The molecule has 2 rings (SSSR count). The van der Waals surface area contributed by atoms with E-state index in [0.29, 0.717) is 12.0 Å². The van der Waals surface area contributed by atoms with Gasteiger partial charge in [0, 0.05) is 6.42 Å². The highest BCUT2D eigenvalue weighted by Crippen LogP contribution is 2.30. The lowest BCUT2D eigenvalue weighted by Crippen LogP contribution is -2.14. The quantitative estimate of drug-likeness (QED) is 0.178. The Labute approximate surface area is 191 Å². The van der Waals surface area contributed by atoms with E-state index in [1.165, 1.54) is 24.3 Å². The molecule has 9 nitrogen and oxygen atoms in total. The first-order chi connectivity index (χ1) is 16.0. The fourth-order valence-electron chi connectivity index (χ4n) is 2.54. The molecule has 2 aromatic carbocycles. The van der Waals surface area contributed by atoms with Crippen molar-refractivity contribution in [2.45, 2.75) is 20.3 Å². The third kappa shape index (κ3) is 8.38. The van der Waals surface area contributed by atoms with Crippen LogP contribution >= 0.6 is 0 Å². The summed E-state index contributed by atoms with van der Waals surface area (Å²) >= 11 is 0. The predicted molar refractivity (Wildman–Crippen MR) is 116 cm³/mol. The number of benzene rings is 2. The first-order valence-corrected chi connectivity index (χ1v) is 10.1. The van der Waals surface area contributed by atoms with Gasteiger partial charge in [-0.3, -0.25) is 0 Å². The van der Waals surface area contributed by atoms with Crippen molar-refractivity contribution in [2.75, 3.05) is 19.8 Å². The second-order valence-corrected chi connectivity index (χ2v) is 6.32. The van der Waals surface area contributed by atoms with E-state index in [9.17, 15) is 19.6 Å². The Kier molecular flexibility index (Phi) is 9.95. The van der Waals surface area contributed by atoms with Crippen LogP contribution in [0.1, 0.15) is 25.0 Å². The van der Waals surface area contributed by atoms with Crippen LogP contribution in [-0.2, 0) is 25.4 Å². The summed E-state index contributed by atoms with van der Waals surface area (Å²) in [6.07, 6.45) is -0.248. The first kappa shape index (κ1) is 24.9. The second kappa shape index (κ2) is 13.2. The van der Waals surface area contributed by atoms with Crippen LogP contribution in [0.2, 0.25) is 0 Å². The molecule has 0 aromatic heterocycles. The summed E-state index contributed by atoms with van der Waals surface area (Å²) in [6, 6.07) is 15.3. The monoisotopic (exact) mass is 453 g/mol. The van der Waals surface area contributed by atoms with Gasteiger partial charge in [-0.2, -0.15) is 5.26 Å². The minimum Gasteiger partial charge on any atom is -0.461 e. The number of esters is 1. The van der Waals surface area contributed by atoms with Crippen LogP contribution in [0.5, 0.6) is 11.5 Å². The highest BCUT2D eigenvalue weighted by Gasteiger charge is 2.17. The average Bonchev–Trinajstić information content (AvgIpc) is 2.80. The van der Waals surface area contributed by atoms with Gasteiger partial charge in [0.15, 0.2) is 11.5 Å². The summed E-state index contributed by atoms with van der Waals surface area (Å²) in [5.74, 6) is -1.07. The fourth-order valence-corrected chi connectivity index (χ4v) is 2.54. The number of rotatable bonds is 9. The van der Waals surface area contributed by atoms with Crippen LogP contribution in [0, 0.1) is 11.3 Å². The lowest BCUT2D eigenvalue weighted by Gasteiger charge is -2.11. The van der Waals surface area contributed by atoms with E-state index in [2.05, 4.69) is 0 Å². The maximum absolute atomic E-state index is 12.3. The summed E-state index contributed by atoms with van der Waals surface area (Å²) in [4.78, 5) is 35.7. The molecule has 9 heteroatoms. The molecule has 0 unspecified atom stereocenters. The van der Waals surface area contributed by atoms with Gasteiger partial charge in [-0.1, -0.05) is 36.4 Å². The standard InChI is InChI=1S/C24H23NO8/c1-3-29-23(27)32-20-11-10-18(15-21(20)33-24(28)30-4-2)14-19(16-25)22(26)31-13-12-17-8-6-5-7-9-17/h5-11,14-15H,3-4,12-13H2,1-2H3. The molecule has 0 bridgehead atoms. The van der Waals surface area contributed by atoms with Crippen LogP contribution < -0.4 is 9.47 Å². The van der Waals surface area contributed by atoms with E-state index in [1.807, 2.05) is 30.3 Å². The predicted octanol–water partition coefficient (Wildman–Crippen LogP) is 4.45. The zero-order valence-electron chi connectivity index (χ0n) is 18.2. The molecule has 0 saturated carbocycles. The number of carbonyl (C=O) groups excluding carboxylic acids is 3. The van der Waals surface area contributed by atoms with Gasteiger partial charge in [0.1, 0.15) is 11.6 Å². The molecule has 0 amide bonds. The van der Waals surface area contributed by atoms with Gasteiger partial charge >= 0.3 is 18.3 Å². The van der Waals surface area contributed by atoms with Crippen molar-refractivity contribution in [3.8, 4) is 17.6 Å². The Hall–Kier alpha value is -4.32. The van der Waals surface area contributed by atoms with E-state index < -0.39 is 18.3 Å². The summed E-state index contributed by atoms with van der Waals surface area (Å²) in [5.41, 5.74) is 1.05. The lowest BCUT2D eigenvalue weighted by molar-refractivity contribution is -0.138. The van der Waals surface area contributed by atoms with E-state index in [1.54, 1.807) is 19.9 Å². The topological polar surface area (TPSA) is 121 Å². The Morgan fingerprint density at radius 3 is 2.12 bits per heavy atom. The van der Waals surface area contributed by atoms with Crippen molar-refractivity contribution < 1.29 is 38.1 Å². The van der Waals surface area contributed by atoms with Crippen LogP contribution in [0.3, 0.4) is 0 Å². The molecule has 172 valence electrons. The van der Waals surface area contributed by atoms with E-state index >= 15 is 0 Å². The molecule has 0 radical (unpaired) electrons. The van der Waals surface area contributed by atoms with Gasteiger partial charge in [0.05, 0.1) is 19.8 Å². The summed E-state index contributed by atoms with van der Waals surface area (Å²) in [6.45, 7) is 3.46. The Morgan fingerprint density at radius 1 is 0.879 bits per heavy atom. The van der Waals surface area contributed by atoms with Crippen LogP contribution in [-0.4, -0.2) is 38.1 Å². The molecular formula is C24H23NO8. The molecule has 0 aliphatic rings. The largest absolute Gasteiger partial charge is 0.513 e. The molecule has 0 aliphatic heterocycles. The fraction of sp³-hybridized carbons (Fsp3) is 0.250. The third-order valence-corrected chi connectivity index (χ3v) is 4.00. The molecule has 33 heavy (non-hydrogen) atoms. The highest BCUT2D eigenvalue weighted by atomic mass is 16.7. The van der Waals surface area contributed by atoms with Crippen LogP contribution in [0.15, 0.2) is 54.1 Å². The number of nitrogens with zero attached hydrogens (tertiary/aromatic N) is 1. The molecular weight excluding hydrogens is 430 g/mol.